The first-order chi connectivity index (χ1) is 8.22. The van der Waals surface area contributed by atoms with Crippen molar-refractivity contribution < 1.29 is 0 Å². The molecule has 0 spiro atoms. The first-order valence-corrected chi connectivity index (χ1v) is 5.75. The molecule has 0 unspecified atom stereocenters. The first-order valence-electron chi connectivity index (χ1n) is 5.75. The molecule has 2 heterocycles. The van der Waals surface area contributed by atoms with Crippen LogP contribution in [0, 0.1) is 0 Å². The standard InChI is InChI=1S/C12H17N5/c1-4-5-10-13-8-9-17(10)11-6-7-14-12(15-11)16(2)3/h6-9H,4-5H2,1-3H3. The fraction of sp³-hybridized carbons (Fsp3) is 0.417. The van der Waals surface area contributed by atoms with Crippen LogP contribution in [0.2, 0.25) is 0 Å². The smallest absolute Gasteiger partial charge is 0.226 e. The quantitative estimate of drug-likeness (QED) is 0.803. The van der Waals surface area contributed by atoms with Gasteiger partial charge in [0.25, 0.3) is 0 Å². The Bertz CT molecular complexity index is 489. The Morgan fingerprint density at radius 1 is 1.24 bits per heavy atom. The van der Waals surface area contributed by atoms with E-state index >= 15 is 0 Å². The summed E-state index contributed by atoms with van der Waals surface area (Å²) < 4.78 is 2.01. The molecule has 0 aliphatic heterocycles. The second kappa shape index (κ2) is 4.95. The summed E-state index contributed by atoms with van der Waals surface area (Å²) in [6, 6.07) is 1.90. The van der Waals surface area contributed by atoms with Crippen molar-refractivity contribution in [3.05, 3.63) is 30.5 Å². The third-order valence-electron chi connectivity index (χ3n) is 2.47. The number of anilines is 1. The molecule has 0 radical (unpaired) electrons. The molecule has 0 bridgehead atoms. The summed E-state index contributed by atoms with van der Waals surface area (Å²) in [6.45, 7) is 2.14. The highest BCUT2D eigenvalue weighted by Crippen LogP contribution is 2.11. The molecule has 0 amide bonds. The van der Waals surface area contributed by atoms with Crippen LogP contribution in [0.1, 0.15) is 19.2 Å². The lowest BCUT2D eigenvalue weighted by Crippen LogP contribution is -2.14. The van der Waals surface area contributed by atoms with Crippen LogP contribution in [0.3, 0.4) is 0 Å². The minimum atomic E-state index is 0.707. The van der Waals surface area contributed by atoms with Gasteiger partial charge in [-0.1, -0.05) is 6.92 Å². The molecule has 90 valence electrons. The van der Waals surface area contributed by atoms with Crippen LogP contribution in [-0.2, 0) is 6.42 Å². The lowest BCUT2D eigenvalue weighted by Gasteiger charge is -2.12. The van der Waals surface area contributed by atoms with Crippen LogP contribution in [0.15, 0.2) is 24.7 Å². The Balaban J connectivity index is 2.38. The lowest BCUT2D eigenvalue weighted by molar-refractivity contribution is 0.794. The second-order valence-corrected chi connectivity index (χ2v) is 4.07. The fourth-order valence-electron chi connectivity index (χ4n) is 1.64. The zero-order valence-electron chi connectivity index (χ0n) is 10.5. The van der Waals surface area contributed by atoms with Gasteiger partial charge >= 0.3 is 0 Å². The van der Waals surface area contributed by atoms with Gasteiger partial charge in [0.15, 0.2) is 0 Å². The van der Waals surface area contributed by atoms with Gasteiger partial charge in [0.2, 0.25) is 5.95 Å². The number of imidazole rings is 1. The minimum absolute atomic E-state index is 0.707. The van der Waals surface area contributed by atoms with E-state index in [1.807, 2.05) is 42.0 Å². The summed E-state index contributed by atoms with van der Waals surface area (Å²) in [5, 5.41) is 0. The SMILES string of the molecule is CCCc1nccn1-c1ccnc(N(C)C)n1. The van der Waals surface area contributed by atoms with E-state index in [1.165, 1.54) is 0 Å². The molecule has 2 aromatic rings. The van der Waals surface area contributed by atoms with Crippen molar-refractivity contribution in [1.82, 2.24) is 19.5 Å². The summed E-state index contributed by atoms with van der Waals surface area (Å²) in [6.07, 6.45) is 7.54. The van der Waals surface area contributed by atoms with Crippen LogP contribution in [0.25, 0.3) is 5.82 Å². The van der Waals surface area contributed by atoms with Gasteiger partial charge in [-0.2, -0.15) is 4.98 Å². The van der Waals surface area contributed by atoms with E-state index in [0.29, 0.717) is 5.95 Å². The van der Waals surface area contributed by atoms with Crippen molar-refractivity contribution in [3.63, 3.8) is 0 Å². The Labute approximate surface area is 101 Å². The molecule has 17 heavy (non-hydrogen) atoms. The van der Waals surface area contributed by atoms with E-state index in [0.717, 1.165) is 24.5 Å². The first kappa shape index (κ1) is 11.6. The Kier molecular flexibility index (Phi) is 3.37. The van der Waals surface area contributed by atoms with Gasteiger partial charge in [-0.25, -0.2) is 9.97 Å². The molecule has 0 saturated heterocycles. The van der Waals surface area contributed by atoms with Crippen LogP contribution in [0.4, 0.5) is 5.95 Å². The Morgan fingerprint density at radius 3 is 2.76 bits per heavy atom. The molecule has 2 aromatic heterocycles. The summed E-state index contributed by atoms with van der Waals surface area (Å²) >= 11 is 0. The molecule has 0 N–H and O–H groups in total. The topological polar surface area (TPSA) is 46.8 Å². The number of rotatable bonds is 4. The molecule has 5 nitrogen and oxygen atoms in total. The average molecular weight is 231 g/mol. The number of aryl methyl sites for hydroxylation is 1. The normalized spacial score (nSPS) is 10.5. The molecule has 0 aliphatic rings. The third-order valence-corrected chi connectivity index (χ3v) is 2.47. The third kappa shape index (κ3) is 2.43. The largest absolute Gasteiger partial charge is 0.347 e. The van der Waals surface area contributed by atoms with E-state index < -0.39 is 0 Å². The van der Waals surface area contributed by atoms with Crippen LogP contribution >= 0.6 is 0 Å². The molecule has 2 rings (SSSR count). The second-order valence-electron chi connectivity index (χ2n) is 4.07. The zero-order chi connectivity index (χ0) is 12.3. The molecule has 0 atom stereocenters. The molecule has 5 heteroatoms. The van der Waals surface area contributed by atoms with Gasteiger partial charge in [-0.3, -0.25) is 4.57 Å². The van der Waals surface area contributed by atoms with E-state index in [-0.39, 0.29) is 0 Å². The highest BCUT2D eigenvalue weighted by molar-refractivity contribution is 5.34. The van der Waals surface area contributed by atoms with Crippen LogP contribution in [-0.4, -0.2) is 33.6 Å². The summed E-state index contributed by atoms with van der Waals surface area (Å²) in [4.78, 5) is 14.9. The molecular formula is C12H17N5. The molecule has 0 aromatic carbocycles. The van der Waals surface area contributed by atoms with Crippen molar-refractivity contribution in [2.24, 2.45) is 0 Å². The van der Waals surface area contributed by atoms with Gasteiger partial charge in [-0.05, 0) is 12.5 Å². The predicted molar refractivity (Wildman–Crippen MR) is 67.5 cm³/mol. The van der Waals surface area contributed by atoms with Crippen LogP contribution < -0.4 is 4.90 Å². The van der Waals surface area contributed by atoms with Gasteiger partial charge in [0.1, 0.15) is 11.6 Å². The number of hydrogen-bond donors (Lipinski definition) is 0. The van der Waals surface area contributed by atoms with E-state index in [9.17, 15) is 0 Å². The van der Waals surface area contributed by atoms with Crippen molar-refractivity contribution >= 4 is 5.95 Å². The molecule has 0 fully saturated rings. The maximum Gasteiger partial charge on any atom is 0.226 e. The van der Waals surface area contributed by atoms with Crippen molar-refractivity contribution in [1.29, 1.82) is 0 Å². The van der Waals surface area contributed by atoms with Gasteiger partial charge in [-0.15, -0.1) is 0 Å². The number of hydrogen-bond acceptors (Lipinski definition) is 4. The fourth-order valence-corrected chi connectivity index (χ4v) is 1.64. The number of aromatic nitrogens is 4. The highest BCUT2D eigenvalue weighted by atomic mass is 15.2. The Hall–Kier alpha value is -1.91. The Morgan fingerprint density at radius 2 is 2.06 bits per heavy atom. The summed E-state index contributed by atoms with van der Waals surface area (Å²) in [5.74, 6) is 2.61. The summed E-state index contributed by atoms with van der Waals surface area (Å²) in [7, 11) is 3.86. The maximum absolute atomic E-state index is 4.50. The van der Waals surface area contributed by atoms with E-state index in [1.54, 1.807) is 6.20 Å². The van der Waals surface area contributed by atoms with Crippen molar-refractivity contribution in [3.8, 4) is 5.82 Å². The maximum atomic E-state index is 4.50. The molecular weight excluding hydrogens is 214 g/mol. The predicted octanol–water partition coefficient (Wildman–Crippen LogP) is 1.68. The molecule has 0 saturated carbocycles. The monoisotopic (exact) mass is 231 g/mol. The van der Waals surface area contributed by atoms with Gasteiger partial charge in [0, 0.05) is 39.1 Å². The highest BCUT2D eigenvalue weighted by Gasteiger charge is 2.07. The van der Waals surface area contributed by atoms with Gasteiger partial charge < -0.3 is 4.90 Å². The number of nitrogens with zero attached hydrogens (tertiary/aromatic N) is 5. The summed E-state index contributed by atoms with van der Waals surface area (Å²) in [5.41, 5.74) is 0. The van der Waals surface area contributed by atoms with Gasteiger partial charge in [0.05, 0.1) is 0 Å². The van der Waals surface area contributed by atoms with Crippen molar-refractivity contribution in [2.45, 2.75) is 19.8 Å². The minimum Gasteiger partial charge on any atom is -0.347 e. The molecule has 0 aliphatic carbocycles. The zero-order valence-corrected chi connectivity index (χ0v) is 10.5. The van der Waals surface area contributed by atoms with Crippen LogP contribution in [0.5, 0.6) is 0 Å². The van der Waals surface area contributed by atoms with Crippen molar-refractivity contribution in [2.75, 3.05) is 19.0 Å². The average Bonchev–Trinajstić information content (AvgIpc) is 2.78. The van der Waals surface area contributed by atoms with E-state index in [2.05, 4.69) is 21.9 Å². The lowest BCUT2D eigenvalue weighted by atomic mass is 10.3. The van der Waals surface area contributed by atoms with E-state index in [4.69, 9.17) is 0 Å².